The van der Waals surface area contributed by atoms with Crippen LogP contribution in [0.4, 0.5) is 5.69 Å². The largest absolute Gasteiger partial charge is 0.458 e. The summed E-state index contributed by atoms with van der Waals surface area (Å²) in [5.74, 6) is 2.60. The molecular formula is C30H36N2O2. The van der Waals surface area contributed by atoms with Crippen molar-refractivity contribution in [2.75, 3.05) is 5.73 Å². The molecule has 0 spiro atoms. The second kappa shape index (κ2) is 12.4. The molecule has 4 N–H and O–H groups in total. The van der Waals surface area contributed by atoms with Crippen molar-refractivity contribution in [2.24, 2.45) is 5.73 Å². The van der Waals surface area contributed by atoms with Gasteiger partial charge in [0.05, 0.1) is 0 Å². The Labute approximate surface area is 204 Å². The zero-order valence-electron chi connectivity index (χ0n) is 20.7. The average molecular weight is 457 g/mol. The number of nitrogens with two attached hydrogens (primary N) is 2. The fourth-order valence-electron chi connectivity index (χ4n) is 3.40. The molecule has 0 bridgehead atoms. The third-order valence-corrected chi connectivity index (χ3v) is 5.14. The van der Waals surface area contributed by atoms with Gasteiger partial charge in [0.25, 0.3) is 0 Å². The van der Waals surface area contributed by atoms with Crippen molar-refractivity contribution < 1.29 is 9.47 Å². The molecule has 34 heavy (non-hydrogen) atoms. The molecule has 178 valence electrons. The van der Waals surface area contributed by atoms with E-state index in [9.17, 15) is 0 Å². The summed E-state index contributed by atoms with van der Waals surface area (Å²) >= 11 is 0. The SMILES string of the molecule is C=C(N)/C=C(\C=C/C)OC(=C)/C=C\C(=C/C)CC(C)(C)c1ccc(Oc2cccc(N)c2)cc1. The third-order valence-electron chi connectivity index (χ3n) is 5.14. The van der Waals surface area contributed by atoms with Gasteiger partial charge in [0.15, 0.2) is 0 Å². The van der Waals surface area contributed by atoms with Gasteiger partial charge in [-0.3, -0.25) is 0 Å². The summed E-state index contributed by atoms with van der Waals surface area (Å²) in [5, 5.41) is 0. The number of hydrogen-bond donors (Lipinski definition) is 2. The standard InChI is InChI=1S/C30H36N2O2/c1-7-10-28(19-22(3)31)33-23(4)13-14-24(8-2)21-30(5,6)25-15-17-27(18-16-25)34-29-12-9-11-26(32)20-29/h7-20H,3-4,21,31-32H2,1-2,5-6H3/b10-7-,14-13-,24-8+,28-19+. The molecule has 0 aliphatic rings. The molecule has 0 saturated heterocycles. The summed E-state index contributed by atoms with van der Waals surface area (Å²) in [6.07, 6.45) is 12.2. The summed E-state index contributed by atoms with van der Waals surface area (Å²) in [7, 11) is 0. The van der Waals surface area contributed by atoms with Crippen molar-refractivity contribution in [3.05, 3.63) is 126 Å². The number of hydrogen-bond acceptors (Lipinski definition) is 4. The minimum Gasteiger partial charge on any atom is -0.458 e. The first-order chi connectivity index (χ1) is 16.1. The van der Waals surface area contributed by atoms with E-state index >= 15 is 0 Å². The Bertz CT molecular complexity index is 1120. The highest BCUT2D eigenvalue weighted by Crippen LogP contribution is 2.33. The van der Waals surface area contributed by atoms with E-state index in [2.05, 4.69) is 45.2 Å². The molecule has 0 aliphatic heterocycles. The number of rotatable bonds is 11. The topological polar surface area (TPSA) is 70.5 Å². The fourth-order valence-corrected chi connectivity index (χ4v) is 3.40. The van der Waals surface area contributed by atoms with E-state index in [1.807, 2.05) is 74.5 Å². The Hall–Kier alpha value is -3.92. The van der Waals surface area contributed by atoms with Gasteiger partial charge in [-0.2, -0.15) is 0 Å². The predicted octanol–water partition coefficient (Wildman–Crippen LogP) is 7.69. The van der Waals surface area contributed by atoms with Gasteiger partial charge in [0.1, 0.15) is 23.0 Å². The van der Waals surface area contributed by atoms with Gasteiger partial charge in [-0.15, -0.1) is 0 Å². The van der Waals surface area contributed by atoms with Crippen molar-refractivity contribution in [3.63, 3.8) is 0 Å². The van der Waals surface area contributed by atoms with Gasteiger partial charge >= 0.3 is 0 Å². The van der Waals surface area contributed by atoms with Crippen LogP contribution >= 0.6 is 0 Å². The maximum atomic E-state index is 5.92. The lowest BCUT2D eigenvalue weighted by Gasteiger charge is -2.26. The Kier molecular flexibility index (Phi) is 9.57. The van der Waals surface area contributed by atoms with Crippen LogP contribution in [0.3, 0.4) is 0 Å². The number of anilines is 1. The number of ether oxygens (including phenoxy) is 2. The minimum atomic E-state index is -0.0859. The number of allylic oxidation sites excluding steroid dienone is 7. The predicted molar refractivity (Wildman–Crippen MR) is 144 cm³/mol. The lowest BCUT2D eigenvalue weighted by atomic mass is 9.79. The van der Waals surface area contributed by atoms with Crippen LogP contribution in [0.5, 0.6) is 11.5 Å². The quantitative estimate of drug-likeness (QED) is 0.206. The van der Waals surface area contributed by atoms with Crippen LogP contribution in [-0.2, 0) is 10.2 Å². The van der Waals surface area contributed by atoms with Gasteiger partial charge in [-0.1, -0.05) is 69.0 Å². The second-order valence-electron chi connectivity index (χ2n) is 8.65. The maximum Gasteiger partial charge on any atom is 0.129 e. The molecule has 4 heteroatoms. The van der Waals surface area contributed by atoms with E-state index in [4.69, 9.17) is 20.9 Å². The fraction of sp³-hybridized carbons (Fsp3) is 0.200. The summed E-state index contributed by atoms with van der Waals surface area (Å²) in [4.78, 5) is 0. The molecule has 0 saturated carbocycles. The molecule has 0 aliphatic carbocycles. The second-order valence-corrected chi connectivity index (χ2v) is 8.65. The summed E-state index contributed by atoms with van der Waals surface area (Å²) in [6, 6.07) is 15.6. The van der Waals surface area contributed by atoms with E-state index < -0.39 is 0 Å². The lowest BCUT2D eigenvalue weighted by Crippen LogP contribution is -2.17. The Morgan fingerprint density at radius 2 is 1.68 bits per heavy atom. The minimum absolute atomic E-state index is 0.0859. The molecule has 0 heterocycles. The average Bonchev–Trinajstić information content (AvgIpc) is 2.76. The monoisotopic (exact) mass is 456 g/mol. The van der Waals surface area contributed by atoms with Gasteiger partial charge < -0.3 is 20.9 Å². The lowest BCUT2D eigenvalue weighted by molar-refractivity contribution is 0.337. The molecule has 2 rings (SSSR count). The molecule has 0 atom stereocenters. The molecule has 0 fully saturated rings. The van der Waals surface area contributed by atoms with Crippen molar-refractivity contribution in [1.82, 2.24) is 0 Å². The summed E-state index contributed by atoms with van der Waals surface area (Å²) in [6.45, 7) is 16.1. The van der Waals surface area contributed by atoms with Gasteiger partial charge in [0.2, 0.25) is 0 Å². The Morgan fingerprint density at radius 3 is 2.26 bits per heavy atom. The summed E-state index contributed by atoms with van der Waals surface area (Å²) in [5.41, 5.74) is 14.9. The number of nitrogen functional groups attached to an aromatic ring is 1. The van der Waals surface area contributed by atoms with Crippen LogP contribution in [0, 0.1) is 0 Å². The van der Waals surface area contributed by atoms with Crippen LogP contribution in [0.2, 0.25) is 0 Å². The van der Waals surface area contributed by atoms with Gasteiger partial charge in [-0.25, -0.2) is 0 Å². The first kappa shape index (κ1) is 26.3. The normalized spacial score (nSPS) is 12.8. The van der Waals surface area contributed by atoms with Crippen LogP contribution in [0.25, 0.3) is 0 Å². The Morgan fingerprint density at radius 1 is 0.971 bits per heavy atom. The summed E-state index contributed by atoms with van der Waals surface area (Å²) < 4.78 is 11.7. The first-order valence-corrected chi connectivity index (χ1v) is 11.3. The highest BCUT2D eigenvalue weighted by Gasteiger charge is 2.21. The van der Waals surface area contributed by atoms with E-state index in [1.165, 1.54) is 11.1 Å². The highest BCUT2D eigenvalue weighted by atomic mass is 16.5. The molecule has 0 radical (unpaired) electrons. The molecule has 2 aromatic rings. The molecule has 0 amide bonds. The van der Waals surface area contributed by atoms with Crippen molar-refractivity contribution in [3.8, 4) is 11.5 Å². The highest BCUT2D eigenvalue weighted by molar-refractivity contribution is 5.45. The van der Waals surface area contributed by atoms with Crippen molar-refractivity contribution in [1.29, 1.82) is 0 Å². The van der Waals surface area contributed by atoms with Gasteiger partial charge in [0, 0.05) is 23.5 Å². The molecule has 0 unspecified atom stereocenters. The number of benzene rings is 2. The molecular weight excluding hydrogens is 420 g/mol. The smallest absolute Gasteiger partial charge is 0.129 e. The zero-order valence-corrected chi connectivity index (χ0v) is 20.7. The van der Waals surface area contributed by atoms with Crippen LogP contribution in [0.15, 0.2) is 121 Å². The van der Waals surface area contributed by atoms with Crippen molar-refractivity contribution in [2.45, 2.75) is 39.5 Å². The van der Waals surface area contributed by atoms with Crippen LogP contribution in [-0.4, -0.2) is 0 Å². The van der Waals surface area contributed by atoms with E-state index in [1.54, 1.807) is 6.08 Å². The van der Waals surface area contributed by atoms with E-state index in [0.717, 1.165) is 17.9 Å². The Balaban J connectivity index is 2.05. The molecule has 0 aromatic heterocycles. The molecule has 4 nitrogen and oxygen atoms in total. The van der Waals surface area contributed by atoms with Crippen molar-refractivity contribution >= 4 is 5.69 Å². The van der Waals surface area contributed by atoms with Gasteiger partial charge in [-0.05, 0) is 67.7 Å². The third kappa shape index (κ3) is 8.55. The molecule has 2 aromatic carbocycles. The van der Waals surface area contributed by atoms with E-state index in [-0.39, 0.29) is 5.41 Å². The zero-order chi connectivity index (χ0) is 25.1. The van der Waals surface area contributed by atoms with E-state index in [0.29, 0.717) is 22.9 Å². The first-order valence-electron chi connectivity index (χ1n) is 11.3. The van der Waals surface area contributed by atoms with Crippen LogP contribution in [0.1, 0.15) is 39.7 Å². The maximum absolute atomic E-state index is 5.92. The van der Waals surface area contributed by atoms with Crippen LogP contribution < -0.4 is 16.2 Å².